The molecule has 32 heavy (non-hydrogen) atoms. The zero-order valence-corrected chi connectivity index (χ0v) is 20.4. The highest BCUT2D eigenvalue weighted by Crippen LogP contribution is 2.29. The van der Waals surface area contributed by atoms with Crippen LogP contribution in [0.3, 0.4) is 0 Å². The Kier molecular flexibility index (Phi) is 8.00. The van der Waals surface area contributed by atoms with Gasteiger partial charge in [0.15, 0.2) is 0 Å². The Hall–Kier alpha value is -2.33. The van der Waals surface area contributed by atoms with E-state index in [2.05, 4.69) is 45.8 Å². The molecule has 8 nitrogen and oxygen atoms in total. The molecule has 2 aromatic rings. The van der Waals surface area contributed by atoms with Crippen LogP contribution in [0.25, 0.3) is 0 Å². The summed E-state index contributed by atoms with van der Waals surface area (Å²) in [4.78, 5) is 6.78. The molecule has 1 heterocycles. The molecule has 1 fully saturated rings. The third-order valence-electron chi connectivity index (χ3n) is 5.90. The van der Waals surface area contributed by atoms with E-state index in [-0.39, 0.29) is 23.2 Å². The number of piperazine rings is 1. The first-order chi connectivity index (χ1) is 15.2. The molecular weight excluding hydrogens is 428 g/mol. The maximum Gasteiger partial charge on any atom is 0.244 e. The minimum absolute atomic E-state index is 0.0704. The molecule has 0 spiro atoms. The summed E-state index contributed by atoms with van der Waals surface area (Å²) in [6, 6.07) is 12.9. The summed E-state index contributed by atoms with van der Waals surface area (Å²) in [6.45, 7) is 3.92. The van der Waals surface area contributed by atoms with Crippen LogP contribution in [0.5, 0.6) is 11.5 Å². The monoisotopic (exact) mass is 462 g/mol. The van der Waals surface area contributed by atoms with Crippen LogP contribution < -0.4 is 19.1 Å². The van der Waals surface area contributed by atoms with Crippen molar-refractivity contribution >= 4 is 15.7 Å². The largest absolute Gasteiger partial charge is 0.497 e. The van der Waals surface area contributed by atoms with Crippen LogP contribution in [0, 0.1) is 0 Å². The normalized spacial score (nSPS) is 16.5. The van der Waals surface area contributed by atoms with E-state index in [4.69, 9.17) is 9.47 Å². The first-order valence-corrected chi connectivity index (χ1v) is 12.1. The molecule has 1 atom stereocenters. The van der Waals surface area contributed by atoms with Crippen molar-refractivity contribution < 1.29 is 17.9 Å². The standard InChI is InChI=1S/C23H34N4O4S/c1-25(2)19-8-6-18(7-9-19)21(27-14-12-26(3)13-15-27)17-24-32(28,29)23-11-10-20(30-4)16-22(23)31-5/h6-11,16,21,24H,12-15,17H2,1-5H3/t21-/m1/s1. The number of benzene rings is 2. The number of sulfonamides is 1. The van der Waals surface area contributed by atoms with E-state index in [0.717, 1.165) is 37.4 Å². The number of nitrogens with zero attached hydrogens (tertiary/aromatic N) is 3. The molecule has 0 unspecified atom stereocenters. The summed E-state index contributed by atoms with van der Waals surface area (Å²) in [5.41, 5.74) is 2.19. The topological polar surface area (TPSA) is 74.4 Å². The Morgan fingerprint density at radius 2 is 1.66 bits per heavy atom. The lowest BCUT2D eigenvalue weighted by molar-refractivity contribution is 0.113. The first kappa shape index (κ1) is 24.3. The molecule has 1 saturated heterocycles. The van der Waals surface area contributed by atoms with E-state index in [1.54, 1.807) is 12.1 Å². The number of likely N-dealkylation sites (N-methyl/N-ethyl adjacent to an activating group) is 1. The van der Waals surface area contributed by atoms with E-state index >= 15 is 0 Å². The van der Waals surface area contributed by atoms with E-state index < -0.39 is 10.0 Å². The number of ether oxygens (including phenoxy) is 2. The van der Waals surface area contributed by atoms with Gasteiger partial charge in [-0.05, 0) is 36.9 Å². The molecule has 3 rings (SSSR count). The minimum Gasteiger partial charge on any atom is -0.497 e. The fourth-order valence-corrected chi connectivity index (χ4v) is 5.04. The summed E-state index contributed by atoms with van der Waals surface area (Å²) >= 11 is 0. The van der Waals surface area contributed by atoms with Crippen molar-refractivity contribution in [3.63, 3.8) is 0 Å². The lowest BCUT2D eigenvalue weighted by atomic mass is 10.0. The van der Waals surface area contributed by atoms with Gasteiger partial charge in [0, 0.05) is 64.6 Å². The molecular formula is C23H34N4O4S. The zero-order chi connectivity index (χ0) is 23.3. The Morgan fingerprint density at radius 1 is 1.00 bits per heavy atom. The fourth-order valence-electron chi connectivity index (χ4n) is 3.85. The van der Waals surface area contributed by atoms with Crippen LogP contribution in [0.4, 0.5) is 5.69 Å². The predicted octanol–water partition coefficient (Wildman–Crippen LogP) is 2.04. The van der Waals surface area contributed by atoms with Crippen molar-refractivity contribution in [2.45, 2.75) is 10.9 Å². The van der Waals surface area contributed by atoms with Crippen molar-refractivity contribution in [1.29, 1.82) is 0 Å². The lowest BCUT2D eigenvalue weighted by Crippen LogP contribution is -2.48. The van der Waals surface area contributed by atoms with Gasteiger partial charge in [0.25, 0.3) is 0 Å². The van der Waals surface area contributed by atoms with Gasteiger partial charge in [-0.25, -0.2) is 13.1 Å². The third kappa shape index (κ3) is 5.72. The summed E-state index contributed by atoms with van der Waals surface area (Å²) in [6.07, 6.45) is 0. The average Bonchev–Trinajstić information content (AvgIpc) is 2.80. The summed E-state index contributed by atoms with van der Waals surface area (Å²) in [7, 11) is 5.32. The summed E-state index contributed by atoms with van der Waals surface area (Å²) < 4.78 is 39.6. The van der Waals surface area contributed by atoms with Gasteiger partial charge < -0.3 is 19.3 Å². The van der Waals surface area contributed by atoms with E-state index in [1.807, 2.05) is 19.0 Å². The zero-order valence-electron chi connectivity index (χ0n) is 19.5. The Balaban J connectivity index is 1.84. The van der Waals surface area contributed by atoms with Gasteiger partial charge in [0.1, 0.15) is 16.4 Å². The quantitative estimate of drug-likeness (QED) is 0.611. The second-order valence-corrected chi connectivity index (χ2v) is 9.95. The maximum absolute atomic E-state index is 13.2. The highest BCUT2D eigenvalue weighted by molar-refractivity contribution is 7.89. The Morgan fingerprint density at radius 3 is 2.22 bits per heavy atom. The molecule has 176 valence electrons. The van der Waals surface area contributed by atoms with E-state index in [1.165, 1.54) is 20.3 Å². The van der Waals surface area contributed by atoms with Crippen LogP contribution in [0.2, 0.25) is 0 Å². The highest BCUT2D eigenvalue weighted by Gasteiger charge is 2.27. The first-order valence-electron chi connectivity index (χ1n) is 10.7. The molecule has 9 heteroatoms. The SMILES string of the molecule is COc1ccc(S(=O)(=O)NC[C@H](c2ccc(N(C)C)cc2)N2CCN(C)CC2)c(OC)c1. The van der Waals surface area contributed by atoms with Gasteiger partial charge in [-0.15, -0.1) is 0 Å². The van der Waals surface area contributed by atoms with Crippen molar-refractivity contribution in [3.05, 3.63) is 48.0 Å². The smallest absolute Gasteiger partial charge is 0.244 e. The van der Waals surface area contributed by atoms with Crippen LogP contribution in [-0.4, -0.2) is 86.3 Å². The summed E-state index contributed by atoms with van der Waals surface area (Å²) in [5.74, 6) is 0.792. The van der Waals surface area contributed by atoms with Crippen molar-refractivity contribution in [1.82, 2.24) is 14.5 Å². The molecule has 0 saturated carbocycles. The number of nitrogens with one attached hydrogen (secondary N) is 1. The number of anilines is 1. The fraction of sp³-hybridized carbons (Fsp3) is 0.478. The molecule has 1 aliphatic rings. The van der Waals surface area contributed by atoms with Gasteiger partial charge >= 0.3 is 0 Å². The lowest BCUT2D eigenvalue weighted by Gasteiger charge is -2.38. The Labute approximate surface area is 191 Å². The highest BCUT2D eigenvalue weighted by atomic mass is 32.2. The molecule has 2 aromatic carbocycles. The van der Waals surface area contributed by atoms with Gasteiger partial charge in [0.2, 0.25) is 10.0 Å². The van der Waals surface area contributed by atoms with Gasteiger partial charge in [0.05, 0.1) is 14.2 Å². The number of rotatable bonds is 9. The van der Waals surface area contributed by atoms with E-state index in [9.17, 15) is 8.42 Å². The number of methoxy groups -OCH3 is 2. The molecule has 0 amide bonds. The molecule has 1 N–H and O–H groups in total. The van der Waals surface area contributed by atoms with Gasteiger partial charge in [-0.1, -0.05) is 12.1 Å². The van der Waals surface area contributed by atoms with Crippen molar-refractivity contribution in [3.8, 4) is 11.5 Å². The average molecular weight is 463 g/mol. The van der Waals surface area contributed by atoms with Crippen molar-refractivity contribution in [2.75, 3.05) is 73.0 Å². The van der Waals surface area contributed by atoms with Crippen LogP contribution in [0.15, 0.2) is 47.4 Å². The molecule has 0 aliphatic carbocycles. The number of hydrogen-bond acceptors (Lipinski definition) is 7. The van der Waals surface area contributed by atoms with E-state index in [0.29, 0.717) is 5.75 Å². The summed E-state index contributed by atoms with van der Waals surface area (Å²) in [5, 5.41) is 0. The maximum atomic E-state index is 13.2. The third-order valence-corrected chi connectivity index (χ3v) is 7.36. The second-order valence-electron chi connectivity index (χ2n) is 8.21. The molecule has 0 radical (unpaired) electrons. The number of hydrogen-bond donors (Lipinski definition) is 1. The van der Waals surface area contributed by atoms with Crippen molar-refractivity contribution in [2.24, 2.45) is 0 Å². The Bertz CT molecular complexity index is 988. The van der Waals surface area contributed by atoms with Crippen LogP contribution >= 0.6 is 0 Å². The minimum atomic E-state index is -3.78. The second kappa shape index (κ2) is 10.5. The molecule has 0 aromatic heterocycles. The molecule has 1 aliphatic heterocycles. The predicted molar refractivity (Wildman–Crippen MR) is 127 cm³/mol. The van der Waals surface area contributed by atoms with Crippen LogP contribution in [0.1, 0.15) is 11.6 Å². The van der Waals surface area contributed by atoms with Gasteiger partial charge in [-0.3, -0.25) is 4.90 Å². The van der Waals surface area contributed by atoms with Crippen LogP contribution in [-0.2, 0) is 10.0 Å². The van der Waals surface area contributed by atoms with Gasteiger partial charge in [-0.2, -0.15) is 0 Å². The molecule has 0 bridgehead atoms.